The normalized spacial score (nSPS) is 47.0. The van der Waals surface area contributed by atoms with Gasteiger partial charge in [0.2, 0.25) is 0 Å². The van der Waals surface area contributed by atoms with Crippen LogP contribution < -0.4 is 0 Å². The number of alkyl halides is 3. The lowest BCUT2D eigenvalue weighted by atomic mass is 9.88. The zero-order chi connectivity index (χ0) is 10.8. The van der Waals surface area contributed by atoms with Crippen molar-refractivity contribution in [3.8, 4) is 0 Å². The third-order valence-electron chi connectivity index (χ3n) is 3.06. The van der Waals surface area contributed by atoms with Gasteiger partial charge in [-0.05, 0) is 19.3 Å². The van der Waals surface area contributed by atoms with Crippen molar-refractivity contribution in [1.82, 2.24) is 0 Å². The summed E-state index contributed by atoms with van der Waals surface area (Å²) in [6.07, 6.45) is 3.50. The molecule has 2 fully saturated rings. The third kappa shape index (κ3) is 3.09. The van der Waals surface area contributed by atoms with Crippen molar-refractivity contribution in [3.05, 3.63) is 0 Å². The Morgan fingerprint density at radius 1 is 1.20 bits per heavy atom. The first-order valence-electron chi connectivity index (χ1n) is 5.32. The molecule has 0 N–H and O–H groups in total. The van der Waals surface area contributed by atoms with Crippen molar-refractivity contribution in [3.63, 3.8) is 0 Å². The zero-order valence-electron chi connectivity index (χ0n) is 8.37. The highest BCUT2D eigenvalue weighted by Gasteiger charge is 2.37. The number of rotatable bonds is 2. The second-order valence-corrected chi connectivity index (χ2v) is 6.88. The van der Waals surface area contributed by atoms with E-state index < -0.39 is 0 Å². The lowest BCUT2D eigenvalue weighted by Gasteiger charge is -2.32. The van der Waals surface area contributed by atoms with Crippen LogP contribution in [0.3, 0.4) is 0 Å². The highest BCUT2D eigenvalue weighted by Crippen LogP contribution is 2.37. The molecule has 2 nitrogen and oxygen atoms in total. The minimum atomic E-state index is -0.0335. The van der Waals surface area contributed by atoms with E-state index in [1.165, 1.54) is 6.42 Å². The standard InChI is InChI=1S/C10H15Br2ClO2/c11-8-2-1-6(3-9(8)12)10-14-5-7(4-13)15-10/h6-10H,1-5H2/t6-,7-,8+,9+,10+/m1/s1. The fraction of sp³-hybridized carbons (Fsp3) is 1.00. The largest absolute Gasteiger partial charge is 0.350 e. The molecule has 2 aliphatic rings. The second kappa shape index (κ2) is 5.67. The molecule has 2 rings (SSSR count). The van der Waals surface area contributed by atoms with Crippen molar-refractivity contribution in [2.75, 3.05) is 12.5 Å². The molecule has 0 aromatic heterocycles. The Bertz CT molecular complexity index is 218. The molecule has 1 aliphatic carbocycles. The van der Waals surface area contributed by atoms with Crippen LogP contribution in [0.4, 0.5) is 0 Å². The van der Waals surface area contributed by atoms with Crippen LogP contribution in [0.1, 0.15) is 19.3 Å². The van der Waals surface area contributed by atoms with Crippen LogP contribution in [0, 0.1) is 5.92 Å². The van der Waals surface area contributed by atoms with Crippen molar-refractivity contribution in [2.24, 2.45) is 5.92 Å². The van der Waals surface area contributed by atoms with Crippen molar-refractivity contribution in [2.45, 2.75) is 41.3 Å². The Kier molecular flexibility index (Phi) is 4.77. The van der Waals surface area contributed by atoms with Crippen LogP contribution in [0.5, 0.6) is 0 Å². The minimum absolute atomic E-state index is 0.0335. The van der Waals surface area contributed by atoms with Gasteiger partial charge < -0.3 is 9.47 Å². The molecule has 88 valence electrons. The Hall–Kier alpha value is 1.17. The van der Waals surface area contributed by atoms with Gasteiger partial charge in [-0.25, -0.2) is 0 Å². The van der Waals surface area contributed by atoms with E-state index in [4.69, 9.17) is 21.1 Å². The summed E-state index contributed by atoms with van der Waals surface area (Å²) in [4.78, 5) is 1.11. The van der Waals surface area contributed by atoms with E-state index in [1.54, 1.807) is 0 Å². The highest BCUT2D eigenvalue weighted by atomic mass is 79.9. The quantitative estimate of drug-likeness (QED) is 0.702. The molecule has 0 amide bonds. The average molecular weight is 362 g/mol. The number of hydrogen-bond donors (Lipinski definition) is 0. The predicted octanol–water partition coefficient (Wildman–Crippen LogP) is 3.29. The molecule has 1 saturated heterocycles. The SMILES string of the molecule is ClC[C@@H]1CO[C@H]([C@@H]2CC[C@H](Br)[C@@H](Br)C2)O1. The molecule has 1 saturated carbocycles. The van der Waals surface area contributed by atoms with E-state index in [0.29, 0.717) is 28.1 Å². The molecule has 15 heavy (non-hydrogen) atoms. The third-order valence-corrected chi connectivity index (χ3v) is 6.23. The summed E-state index contributed by atoms with van der Waals surface area (Å²) in [7, 11) is 0. The van der Waals surface area contributed by atoms with Crippen molar-refractivity contribution in [1.29, 1.82) is 0 Å². The summed E-state index contributed by atoms with van der Waals surface area (Å²) in [6, 6.07) is 0. The topological polar surface area (TPSA) is 18.5 Å². The summed E-state index contributed by atoms with van der Waals surface area (Å²) < 4.78 is 11.4. The van der Waals surface area contributed by atoms with Gasteiger partial charge in [0.25, 0.3) is 0 Å². The van der Waals surface area contributed by atoms with E-state index in [0.717, 1.165) is 12.8 Å². The van der Waals surface area contributed by atoms with Crippen LogP contribution in [0.15, 0.2) is 0 Å². The average Bonchev–Trinajstić information content (AvgIpc) is 2.70. The minimum Gasteiger partial charge on any atom is -0.350 e. The number of halogens is 3. The molecule has 5 heteroatoms. The van der Waals surface area contributed by atoms with E-state index in [-0.39, 0.29) is 12.4 Å². The Morgan fingerprint density at radius 3 is 2.60 bits per heavy atom. The van der Waals surface area contributed by atoms with Gasteiger partial charge in [-0.1, -0.05) is 31.9 Å². The van der Waals surface area contributed by atoms with Crippen molar-refractivity contribution < 1.29 is 9.47 Å². The molecule has 0 bridgehead atoms. The first-order valence-corrected chi connectivity index (χ1v) is 7.68. The lowest BCUT2D eigenvalue weighted by Crippen LogP contribution is -2.33. The van der Waals surface area contributed by atoms with Crippen LogP contribution in [-0.2, 0) is 9.47 Å². The highest BCUT2D eigenvalue weighted by molar-refractivity contribution is 9.12. The maximum absolute atomic E-state index is 5.74. The van der Waals surface area contributed by atoms with Crippen LogP contribution >= 0.6 is 43.5 Å². The molecule has 0 unspecified atom stereocenters. The van der Waals surface area contributed by atoms with Gasteiger partial charge in [0.15, 0.2) is 6.29 Å². The summed E-state index contributed by atoms with van der Waals surface area (Å²) in [5.41, 5.74) is 0. The second-order valence-electron chi connectivity index (χ2n) is 4.22. The van der Waals surface area contributed by atoms with E-state index in [9.17, 15) is 0 Å². The van der Waals surface area contributed by atoms with Gasteiger partial charge in [0.1, 0.15) is 0 Å². The van der Waals surface area contributed by atoms with Gasteiger partial charge >= 0.3 is 0 Å². The lowest BCUT2D eigenvalue weighted by molar-refractivity contribution is -0.101. The molecule has 0 aromatic carbocycles. The molecular weight excluding hydrogens is 347 g/mol. The Balaban J connectivity index is 1.84. The summed E-state index contributed by atoms with van der Waals surface area (Å²) >= 11 is 13.1. The molecular formula is C10H15Br2ClO2. The predicted molar refractivity (Wildman–Crippen MR) is 68.1 cm³/mol. The Morgan fingerprint density at radius 2 is 2.00 bits per heavy atom. The fourth-order valence-electron chi connectivity index (χ4n) is 2.15. The van der Waals surface area contributed by atoms with Gasteiger partial charge in [0, 0.05) is 15.6 Å². The molecule has 5 atom stereocenters. The first kappa shape index (κ1) is 12.6. The molecule has 1 aliphatic heterocycles. The summed E-state index contributed by atoms with van der Waals surface area (Å²) in [6.45, 7) is 0.648. The van der Waals surface area contributed by atoms with Crippen LogP contribution in [-0.4, -0.2) is 34.5 Å². The summed E-state index contributed by atoms with van der Waals surface area (Å²) in [5, 5.41) is 0. The molecule has 0 radical (unpaired) electrons. The monoisotopic (exact) mass is 360 g/mol. The van der Waals surface area contributed by atoms with Gasteiger partial charge in [0.05, 0.1) is 18.6 Å². The molecule has 1 heterocycles. The van der Waals surface area contributed by atoms with Gasteiger partial charge in [-0.15, -0.1) is 11.6 Å². The number of ether oxygens (including phenoxy) is 2. The van der Waals surface area contributed by atoms with E-state index in [1.807, 2.05) is 0 Å². The smallest absolute Gasteiger partial charge is 0.161 e. The first-order chi connectivity index (χ1) is 7.20. The molecule has 0 aromatic rings. The maximum Gasteiger partial charge on any atom is 0.161 e. The summed E-state index contributed by atoms with van der Waals surface area (Å²) in [5.74, 6) is 1.04. The Labute approximate surface area is 112 Å². The fourth-order valence-corrected chi connectivity index (χ4v) is 3.54. The molecule has 0 spiro atoms. The number of hydrogen-bond acceptors (Lipinski definition) is 2. The van der Waals surface area contributed by atoms with Gasteiger partial charge in [-0.3, -0.25) is 0 Å². The van der Waals surface area contributed by atoms with E-state index >= 15 is 0 Å². The zero-order valence-corrected chi connectivity index (χ0v) is 12.3. The van der Waals surface area contributed by atoms with Crippen molar-refractivity contribution >= 4 is 43.5 Å². The van der Waals surface area contributed by atoms with Gasteiger partial charge in [-0.2, -0.15) is 0 Å². The van der Waals surface area contributed by atoms with E-state index in [2.05, 4.69) is 31.9 Å². The van der Waals surface area contributed by atoms with Crippen LogP contribution in [0.2, 0.25) is 0 Å². The maximum atomic E-state index is 5.74. The van der Waals surface area contributed by atoms with Crippen LogP contribution in [0.25, 0.3) is 0 Å².